The summed E-state index contributed by atoms with van der Waals surface area (Å²) in [6.07, 6.45) is 2.00. The van der Waals surface area contributed by atoms with E-state index in [2.05, 4.69) is 39.1 Å². The van der Waals surface area contributed by atoms with Gasteiger partial charge in [-0.15, -0.1) is 0 Å². The Balaban J connectivity index is 1.35. The van der Waals surface area contributed by atoms with Crippen LogP contribution < -0.4 is 16.0 Å². The van der Waals surface area contributed by atoms with Crippen molar-refractivity contribution in [3.8, 4) is 0 Å². The minimum Gasteiger partial charge on any atom is -0.361 e. The monoisotopic (exact) mass is 426 g/mol. The number of H-pyrrole nitrogens is 1. The molecule has 0 saturated carbocycles. The number of hydrogen-bond acceptors (Lipinski definition) is 2. The van der Waals surface area contributed by atoms with E-state index in [0.29, 0.717) is 13.1 Å². The molecule has 0 radical (unpaired) electrons. The van der Waals surface area contributed by atoms with Gasteiger partial charge in [0, 0.05) is 36.1 Å². The van der Waals surface area contributed by atoms with Crippen molar-refractivity contribution in [2.75, 3.05) is 13.1 Å². The first-order chi connectivity index (χ1) is 15.7. The van der Waals surface area contributed by atoms with Crippen LogP contribution in [0.25, 0.3) is 10.9 Å². The molecule has 4 aromatic rings. The summed E-state index contributed by atoms with van der Waals surface area (Å²) in [4.78, 5) is 27.8. The molecular weight excluding hydrogens is 400 g/mol. The van der Waals surface area contributed by atoms with E-state index in [9.17, 15) is 9.59 Å². The van der Waals surface area contributed by atoms with Gasteiger partial charge in [-0.25, -0.2) is 4.79 Å². The lowest BCUT2D eigenvalue weighted by Crippen LogP contribution is -2.42. The van der Waals surface area contributed by atoms with Crippen LogP contribution in [0.15, 0.2) is 91.1 Å². The number of urea groups is 1. The largest absolute Gasteiger partial charge is 0.361 e. The first-order valence-electron chi connectivity index (χ1n) is 10.6. The fraction of sp³-hybridized carbons (Fsp3) is 0.154. The van der Waals surface area contributed by atoms with Crippen molar-refractivity contribution in [1.82, 2.24) is 20.9 Å². The molecule has 32 heavy (non-hydrogen) atoms. The quantitative estimate of drug-likeness (QED) is 0.344. The van der Waals surface area contributed by atoms with Crippen LogP contribution in [0, 0.1) is 0 Å². The molecule has 4 N–H and O–H groups in total. The number of carbonyl (C=O) groups is 2. The van der Waals surface area contributed by atoms with Crippen LogP contribution in [-0.2, 0) is 11.3 Å². The van der Waals surface area contributed by atoms with Gasteiger partial charge in [0.05, 0.1) is 6.54 Å². The molecule has 0 bridgehead atoms. The molecule has 0 aliphatic rings. The van der Waals surface area contributed by atoms with Crippen molar-refractivity contribution in [2.24, 2.45) is 0 Å². The predicted octanol–water partition coefficient (Wildman–Crippen LogP) is 3.92. The van der Waals surface area contributed by atoms with Gasteiger partial charge in [0.1, 0.15) is 0 Å². The lowest BCUT2D eigenvalue weighted by atomic mass is 9.91. The smallest absolute Gasteiger partial charge is 0.315 e. The summed E-state index contributed by atoms with van der Waals surface area (Å²) in [7, 11) is 0. The highest BCUT2D eigenvalue weighted by molar-refractivity contribution is 5.85. The minimum absolute atomic E-state index is 0.0109. The number of hydrogen-bond donors (Lipinski definition) is 4. The molecule has 162 valence electrons. The molecule has 0 saturated heterocycles. The van der Waals surface area contributed by atoms with Crippen molar-refractivity contribution in [3.63, 3.8) is 0 Å². The van der Waals surface area contributed by atoms with Crippen LogP contribution in [0.3, 0.4) is 0 Å². The summed E-state index contributed by atoms with van der Waals surface area (Å²) in [5.41, 5.74) is 4.30. The highest BCUT2D eigenvalue weighted by Gasteiger charge is 2.19. The number of nitrogens with one attached hydrogen (secondary N) is 4. The van der Waals surface area contributed by atoms with Crippen LogP contribution in [0.5, 0.6) is 0 Å². The number of amides is 3. The van der Waals surface area contributed by atoms with Crippen molar-refractivity contribution in [2.45, 2.75) is 12.5 Å². The number of fused-ring (bicyclic) bond motifs is 1. The van der Waals surface area contributed by atoms with E-state index in [-0.39, 0.29) is 24.4 Å². The minimum atomic E-state index is -0.375. The van der Waals surface area contributed by atoms with Crippen molar-refractivity contribution < 1.29 is 9.59 Å². The third kappa shape index (κ3) is 5.35. The molecule has 0 aliphatic heterocycles. The molecule has 1 atom stereocenters. The topological polar surface area (TPSA) is 86.0 Å². The normalized spacial score (nSPS) is 11.6. The highest BCUT2D eigenvalue weighted by atomic mass is 16.2. The van der Waals surface area contributed by atoms with E-state index in [1.54, 1.807) is 0 Å². The summed E-state index contributed by atoms with van der Waals surface area (Å²) in [6.45, 7) is 0.749. The molecule has 1 heterocycles. The molecule has 0 spiro atoms. The molecule has 0 unspecified atom stereocenters. The van der Waals surface area contributed by atoms with Crippen molar-refractivity contribution in [3.05, 3.63) is 108 Å². The summed E-state index contributed by atoms with van der Waals surface area (Å²) >= 11 is 0. The predicted molar refractivity (Wildman–Crippen MR) is 126 cm³/mol. The lowest BCUT2D eigenvalue weighted by molar-refractivity contribution is -0.120. The summed E-state index contributed by atoms with van der Waals surface area (Å²) in [5, 5.41) is 9.47. The molecule has 0 fully saturated rings. The van der Waals surface area contributed by atoms with E-state index in [1.807, 2.05) is 72.9 Å². The summed E-state index contributed by atoms with van der Waals surface area (Å²) in [6, 6.07) is 27.5. The second-order valence-corrected chi connectivity index (χ2v) is 7.58. The Morgan fingerprint density at radius 2 is 1.47 bits per heavy atom. The molecule has 4 rings (SSSR count). The SMILES string of the molecule is O=C(CNC(=O)NCc1ccccc1)NC[C@@H](c1ccccc1)c1c[nH]c2ccccc12. The van der Waals surface area contributed by atoms with Crippen LogP contribution in [0.4, 0.5) is 4.79 Å². The fourth-order valence-electron chi connectivity index (χ4n) is 3.75. The number of carbonyl (C=O) groups excluding carboxylic acids is 2. The van der Waals surface area contributed by atoms with Gasteiger partial charge in [0.15, 0.2) is 0 Å². The Bertz CT molecular complexity index is 1170. The van der Waals surface area contributed by atoms with Gasteiger partial charge in [-0.1, -0.05) is 78.9 Å². The maximum atomic E-state index is 12.4. The zero-order valence-corrected chi connectivity index (χ0v) is 17.7. The van der Waals surface area contributed by atoms with E-state index in [4.69, 9.17) is 0 Å². The van der Waals surface area contributed by atoms with Gasteiger partial charge in [-0.3, -0.25) is 4.79 Å². The zero-order chi connectivity index (χ0) is 22.2. The zero-order valence-electron chi connectivity index (χ0n) is 17.7. The number of para-hydroxylation sites is 1. The first kappa shape index (κ1) is 21.2. The maximum absolute atomic E-state index is 12.4. The van der Waals surface area contributed by atoms with Crippen LogP contribution in [0.1, 0.15) is 22.6 Å². The van der Waals surface area contributed by atoms with Crippen molar-refractivity contribution in [1.29, 1.82) is 0 Å². The summed E-state index contributed by atoms with van der Waals surface area (Å²) in [5.74, 6) is -0.246. The fourth-order valence-corrected chi connectivity index (χ4v) is 3.75. The molecule has 1 aromatic heterocycles. The number of aromatic amines is 1. The van der Waals surface area contributed by atoms with E-state index in [0.717, 1.165) is 27.6 Å². The molecule has 3 amide bonds. The first-order valence-corrected chi connectivity index (χ1v) is 10.6. The molecule has 6 nitrogen and oxygen atoms in total. The molecule has 6 heteroatoms. The molecule has 0 aliphatic carbocycles. The van der Waals surface area contributed by atoms with Gasteiger partial charge in [0.2, 0.25) is 5.91 Å². The second-order valence-electron chi connectivity index (χ2n) is 7.58. The Hall–Kier alpha value is -4.06. The van der Waals surface area contributed by atoms with Crippen LogP contribution in [0.2, 0.25) is 0 Å². The van der Waals surface area contributed by atoms with Crippen molar-refractivity contribution >= 4 is 22.8 Å². The average molecular weight is 427 g/mol. The van der Waals surface area contributed by atoms with E-state index >= 15 is 0 Å². The molecule has 3 aromatic carbocycles. The summed E-state index contributed by atoms with van der Waals surface area (Å²) < 4.78 is 0. The van der Waals surface area contributed by atoms with E-state index < -0.39 is 0 Å². The van der Waals surface area contributed by atoms with Crippen LogP contribution in [-0.4, -0.2) is 30.0 Å². The Labute approximate surface area is 187 Å². The van der Waals surface area contributed by atoms with Gasteiger partial charge in [0.25, 0.3) is 0 Å². The van der Waals surface area contributed by atoms with Gasteiger partial charge >= 0.3 is 6.03 Å². The van der Waals surface area contributed by atoms with Gasteiger partial charge in [-0.2, -0.15) is 0 Å². The third-order valence-electron chi connectivity index (χ3n) is 5.41. The average Bonchev–Trinajstić information content (AvgIpc) is 3.27. The molecular formula is C26H26N4O2. The van der Waals surface area contributed by atoms with Gasteiger partial charge < -0.3 is 20.9 Å². The second kappa shape index (κ2) is 10.3. The highest BCUT2D eigenvalue weighted by Crippen LogP contribution is 2.30. The standard InChI is InChI=1S/C26H26N4O2/c31-25(18-30-26(32)29-15-19-9-3-1-4-10-19)28-16-22(20-11-5-2-6-12-20)23-17-27-24-14-8-7-13-21(23)24/h1-14,17,22,27H,15-16,18H2,(H,28,31)(H2,29,30,32)/t22-/m0/s1. The Morgan fingerprint density at radius 1 is 0.781 bits per heavy atom. The number of rotatable bonds is 8. The Morgan fingerprint density at radius 3 is 2.25 bits per heavy atom. The Kier molecular flexibility index (Phi) is 6.82. The number of aromatic nitrogens is 1. The lowest BCUT2D eigenvalue weighted by Gasteiger charge is -2.18. The van der Waals surface area contributed by atoms with E-state index in [1.165, 1.54) is 0 Å². The van der Waals surface area contributed by atoms with Crippen LogP contribution >= 0.6 is 0 Å². The number of benzene rings is 3. The third-order valence-corrected chi connectivity index (χ3v) is 5.41. The maximum Gasteiger partial charge on any atom is 0.315 e. The van der Waals surface area contributed by atoms with Gasteiger partial charge in [-0.05, 0) is 22.8 Å².